The van der Waals surface area contributed by atoms with E-state index in [9.17, 15) is 9.59 Å². The van der Waals surface area contributed by atoms with Gasteiger partial charge < -0.3 is 20.0 Å². The van der Waals surface area contributed by atoms with E-state index < -0.39 is 0 Å². The number of anilines is 2. The Labute approximate surface area is 137 Å². The molecule has 0 aliphatic carbocycles. The molecule has 2 heterocycles. The third kappa shape index (κ3) is 3.75. The number of benzene rings is 1. The van der Waals surface area contributed by atoms with Crippen LogP contribution in [-0.2, 0) is 4.79 Å². The lowest BCUT2D eigenvalue weighted by molar-refractivity contribution is -0.130. The second-order valence-corrected chi connectivity index (χ2v) is 6.16. The van der Waals surface area contributed by atoms with Crippen LogP contribution < -0.4 is 10.2 Å². The van der Waals surface area contributed by atoms with E-state index in [0.29, 0.717) is 26.2 Å². The maximum atomic E-state index is 12.3. The molecular weight excluding hydrogens is 292 g/mol. The van der Waals surface area contributed by atoms with Crippen LogP contribution >= 0.6 is 0 Å². The zero-order valence-electron chi connectivity index (χ0n) is 13.6. The van der Waals surface area contributed by atoms with Crippen molar-refractivity contribution in [1.29, 1.82) is 0 Å². The van der Waals surface area contributed by atoms with E-state index >= 15 is 0 Å². The lowest BCUT2D eigenvalue weighted by Crippen LogP contribution is -2.51. The van der Waals surface area contributed by atoms with E-state index in [4.69, 9.17) is 0 Å². The molecule has 6 nitrogen and oxygen atoms in total. The van der Waals surface area contributed by atoms with Gasteiger partial charge in [-0.2, -0.15) is 0 Å². The molecule has 2 aliphatic rings. The van der Waals surface area contributed by atoms with Crippen molar-refractivity contribution in [3.8, 4) is 0 Å². The smallest absolute Gasteiger partial charge is 0.321 e. The maximum Gasteiger partial charge on any atom is 0.321 e. The number of piperazine rings is 1. The van der Waals surface area contributed by atoms with Crippen molar-refractivity contribution < 1.29 is 9.59 Å². The molecule has 1 aromatic carbocycles. The Balaban J connectivity index is 1.52. The van der Waals surface area contributed by atoms with Crippen LogP contribution in [0.3, 0.4) is 0 Å². The number of nitrogens with one attached hydrogen (secondary N) is 1. The van der Waals surface area contributed by atoms with E-state index in [1.165, 1.54) is 18.5 Å². The summed E-state index contributed by atoms with van der Waals surface area (Å²) in [6.07, 6.45) is 2.51. The molecule has 1 N–H and O–H groups in total. The quantitative estimate of drug-likeness (QED) is 0.908. The number of hydrogen-bond donors (Lipinski definition) is 1. The monoisotopic (exact) mass is 316 g/mol. The fraction of sp³-hybridized carbons (Fsp3) is 0.529. The van der Waals surface area contributed by atoms with Gasteiger partial charge in [-0.3, -0.25) is 4.79 Å². The molecule has 1 aromatic rings. The molecule has 2 fully saturated rings. The molecular formula is C17H24N4O2. The molecule has 124 valence electrons. The second-order valence-electron chi connectivity index (χ2n) is 6.16. The summed E-state index contributed by atoms with van der Waals surface area (Å²) >= 11 is 0. The highest BCUT2D eigenvalue weighted by molar-refractivity contribution is 5.89. The summed E-state index contributed by atoms with van der Waals surface area (Å²) in [5.74, 6) is 0.0718. The van der Waals surface area contributed by atoms with Crippen molar-refractivity contribution in [3.63, 3.8) is 0 Å². The average molecular weight is 316 g/mol. The molecule has 0 aromatic heterocycles. The highest BCUT2D eigenvalue weighted by atomic mass is 16.2. The number of urea groups is 1. The van der Waals surface area contributed by atoms with Gasteiger partial charge >= 0.3 is 6.03 Å². The SMILES string of the molecule is CC(=O)N1CCN(C(=O)Nc2ccc(N3CCCC3)cc2)CC1. The highest BCUT2D eigenvalue weighted by Crippen LogP contribution is 2.22. The second kappa shape index (κ2) is 6.89. The molecule has 3 rings (SSSR count). The van der Waals surface area contributed by atoms with Crippen LogP contribution in [0.5, 0.6) is 0 Å². The molecule has 2 saturated heterocycles. The number of carbonyl (C=O) groups is 2. The molecule has 6 heteroatoms. The molecule has 0 spiro atoms. The van der Waals surface area contributed by atoms with Crippen LogP contribution in [0.15, 0.2) is 24.3 Å². The van der Waals surface area contributed by atoms with Crippen LogP contribution in [0.1, 0.15) is 19.8 Å². The summed E-state index contributed by atoms with van der Waals surface area (Å²) in [4.78, 5) is 29.5. The lowest BCUT2D eigenvalue weighted by Gasteiger charge is -2.34. The van der Waals surface area contributed by atoms with Crippen LogP contribution in [0.2, 0.25) is 0 Å². The first-order valence-electron chi connectivity index (χ1n) is 8.30. The zero-order chi connectivity index (χ0) is 16.2. The third-order valence-corrected chi connectivity index (χ3v) is 4.60. The van der Waals surface area contributed by atoms with E-state index in [1.54, 1.807) is 16.7 Å². The van der Waals surface area contributed by atoms with Gasteiger partial charge in [0, 0.05) is 57.6 Å². The molecule has 23 heavy (non-hydrogen) atoms. The first-order chi connectivity index (χ1) is 11.1. The summed E-state index contributed by atoms with van der Waals surface area (Å²) < 4.78 is 0. The van der Waals surface area contributed by atoms with Gasteiger partial charge in [-0.15, -0.1) is 0 Å². The summed E-state index contributed by atoms with van der Waals surface area (Å²) in [5.41, 5.74) is 2.03. The Morgan fingerprint density at radius 1 is 0.870 bits per heavy atom. The third-order valence-electron chi connectivity index (χ3n) is 4.60. The molecule has 3 amide bonds. The molecule has 0 atom stereocenters. The minimum Gasteiger partial charge on any atom is -0.372 e. The number of amides is 3. The Kier molecular flexibility index (Phi) is 4.69. The minimum atomic E-state index is -0.0953. The Hall–Kier alpha value is -2.24. The van der Waals surface area contributed by atoms with Crippen LogP contribution in [-0.4, -0.2) is 61.0 Å². The van der Waals surface area contributed by atoms with Gasteiger partial charge in [-0.1, -0.05) is 0 Å². The van der Waals surface area contributed by atoms with Gasteiger partial charge in [-0.25, -0.2) is 4.79 Å². The minimum absolute atomic E-state index is 0.0718. The van der Waals surface area contributed by atoms with Gasteiger partial charge in [0.2, 0.25) is 5.91 Å². The highest BCUT2D eigenvalue weighted by Gasteiger charge is 2.22. The summed E-state index contributed by atoms with van der Waals surface area (Å²) in [6.45, 7) is 6.18. The fourth-order valence-corrected chi connectivity index (χ4v) is 3.16. The van der Waals surface area contributed by atoms with Gasteiger partial charge in [0.05, 0.1) is 0 Å². The topological polar surface area (TPSA) is 55.9 Å². The van der Waals surface area contributed by atoms with Crippen molar-refractivity contribution in [2.45, 2.75) is 19.8 Å². The van der Waals surface area contributed by atoms with E-state index in [2.05, 4.69) is 22.3 Å². The summed E-state index contributed by atoms with van der Waals surface area (Å²) in [6, 6.07) is 7.94. The lowest BCUT2D eigenvalue weighted by atomic mass is 10.2. The predicted octanol–water partition coefficient (Wildman–Crippen LogP) is 1.98. The van der Waals surface area contributed by atoms with Gasteiger partial charge in [-0.05, 0) is 37.1 Å². The molecule has 2 aliphatic heterocycles. The zero-order valence-corrected chi connectivity index (χ0v) is 13.6. The summed E-state index contributed by atoms with van der Waals surface area (Å²) in [5, 5.41) is 2.94. The Bertz CT molecular complexity index is 558. The average Bonchev–Trinajstić information content (AvgIpc) is 3.10. The van der Waals surface area contributed by atoms with Crippen molar-refractivity contribution in [2.24, 2.45) is 0 Å². The van der Waals surface area contributed by atoms with Crippen molar-refractivity contribution >= 4 is 23.3 Å². The molecule has 0 bridgehead atoms. The fourth-order valence-electron chi connectivity index (χ4n) is 3.16. The Morgan fingerprint density at radius 2 is 1.43 bits per heavy atom. The summed E-state index contributed by atoms with van der Waals surface area (Å²) in [7, 11) is 0. The van der Waals surface area contributed by atoms with Gasteiger partial charge in [0.1, 0.15) is 0 Å². The van der Waals surface area contributed by atoms with E-state index in [-0.39, 0.29) is 11.9 Å². The Morgan fingerprint density at radius 3 is 2.00 bits per heavy atom. The molecule has 0 radical (unpaired) electrons. The number of carbonyl (C=O) groups excluding carboxylic acids is 2. The number of rotatable bonds is 2. The van der Waals surface area contributed by atoms with Crippen molar-refractivity contribution in [2.75, 3.05) is 49.5 Å². The standard InChI is InChI=1S/C17H24N4O2/c1-14(22)19-10-12-21(13-11-19)17(23)18-15-4-6-16(7-5-15)20-8-2-3-9-20/h4-7H,2-3,8-13H2,1H3,(H,18,23). The number of hydrogen-bond acceptors (Lipinski definition) is 3. The first-order valence-corrected chi connectivity index (χ1v) is 8.30. The van der Waals surface area contributed by atoms with Gasteiger partial charge in [0.25, 0.3) is 0 Å². The van der Waals surface area contributed by atoms with Crippen molar-refractivity contribution in [3.05, 3.63) is 24.3 Å². The van der Waals surface area contributed by atoms with E-state index in [0.717, 1.165) is 18.8 Å². The first kappa shape index (κ1) is 15.6. The van der Waals surface area contributed by atoms with Crippen LogP contribution in [0.4, 0.5) is 16.2 Å². The molecule has 0 saturated carbocycles. The van der Waals surface area contributed by atoms with Crippen molar-refractivity contribution in [1.82, 2.24) is 9.80 Å². The number of nitrogens with zero attached hydrogens (tertiary/aromatic N) is 3. The maximum absolute atomic E-state index is 12.3. The molecule has 0 unspecified atom stereocenters. The van der Waals surface area contributed by atoms with E-state index in [1.807, 2.05) is 12.1 Å². The van der Waals surface area contributed by atoms with Crippen LogP contribution in [0.25, 0.3) is 0 Å². The normalized spacial score (nSPS) is 18.2. The van der Waals surface area contributed by atoms with Gasteiger partial charge in [0.15, 0.2) is 0 Å². The largest absolute Gasteiger partial charge is 0.372 e. The van der Waals surface area contributed by atoms with Crippen LogP contribution in [0, 0.1) is 0 Å². The predicted molar refractivity (Wildman–Crippen MR) is 90.7 cm³/mol.